The molecule has 0 aliphatic carbocycles. The highest BCUT2D eigenvalue weighted by atomic mass is 16.5. The summed E-state index contributed by atoms with van der Waals surface area (Å²) in [5, 5.41) is 7.69. The maximum Gasteiger partial charge on any atom is 0.358 e. The molecule has 0 aromatic carbocycles. The zero-order chi connectivity index (χ0) is 10.8. The van der Waals surface area contributed by atoms with E-state index in [1.807, 2.05) is 4.90 Å². The van der Waals surface area contributed by atoms with Gasteiger partial charge in [0, 0.05) is 19.1 Å². The monoisotopic (exact) mass is 208 g/mol. The van der Waals surface area contributed by atoms with Crippen molar-refractivity contribution in [2.45, 2.75) is 6.04 Å². The summed E-state index contributed by atoms with van der Waals surface area (Å²) in [5.41, 5.74) is 5.86. The highest BCUT2D eigenvalue weighted by Gasteiger charge is 2.24. The van der Waals surface area contributed by atoms with Gasteiger partial charge in [-0.15, -0.1) is 10.2 Å². The Morgan fingerprint density at radius 3 is 2.73 bits per heavy atom. The van der Waals surface area contributed by atoms with E-state index >= 15 is 0 Å². The van der Waals surface area contributed by atoms with Gasteiger partial charge in [0.25, 0.3) is 0 Å². The van der Waals surface area contributed by atoms with Gasteiger partial charge in [0.15, 0.2) is 11.5 Å². The van der Waals surface area contributed by atoms with E-state index in [1.54, 1.807) is 12.1 Å². The number of nitrogens with two attached hydrogens (primary N) is 1. The molecule has 1 saturated heterocycles. The number of rotatable bonds is 2. The molecule has 2 heterocycles. The lowest BCUT2D eigenvalue weighted by atomic mass is 10.1. The first-order valence-corrected chi connectivity index (χ1v) is 4.63. The topological polar surface area (TPSA) is 81.3 Å². The van der Waals surface area contributed by atoms with Crippen molar-refractivity contribution in [3.63, 3.8) is 0 Å². The molecule has 0 spiro atoms. The number of anilines is 1. The zero-order valence-corrected chi connectivity index (χ0v) is 8.38. The predicted octanol–water partition coefficient (Wildman–Crippen LogP) is -0.590. The van der Waals surface area contributed by atoms with Gasteiger partial charge < -0.3 is 15.4 Å². The number of ether oxygens (including phenoxy) is 1. The Labute approximate surface area is 87.0 Å². The van der Waals surface area contributed by atoms with Crippen molar-refractivity contribution >= 4 is 11.8 Å². The van der Waals surface area contributed by atoms with Crippen LogP contribution < -0.4 is 10.6 Å². The molecule has 1 aliphatic heterocycles. The minimum absolute atomic E-state index is 0.214. The molecule has 1 aromatic heterocycles. The standard InChI is InChI=1S/C9H12N4O2/c1-15-9(14)7-2-3-8(12-11-7)13-4-6(10)5-13/h2-3,6H,4-5,10H2,1H3. The van der Waals surface area contributed by atoms with Crippen molar-refractivity contribution in [2.24, 2.45) is 5.73 Å². The summed E-state index contributed by atoms with van der Waals surface area (Å²) in [6.07, 6.45) is 0. The van der Waals surface area contributed by atoms with Gasteiger partial charge >= 0.3 is 5.97 Å². The summed E-state index contributed by atoms with van der Waals surface area (Å²) in [6.45, 7) is 1.57. The first kappa shape index (κ1) is 9.85. The average molecular weight is 208 g/mol. The van der Waals surface area contributed by atoms with Crippen LogP contribution in [0, 0.1) is 0 Å². The number of carbonyl (C=O) groups is 1. The van der Waals surface area contributed by atoms with Gasteiger partial charge in [0.1, 0.15) is 0 Å². The van der Waals surface area contributed by atoms with Crippen LogP contribution in [0.5, 0.6) is 0 Å². The first-order valence-electron chi connectivity index (χ1n) is 4.63. The number of methoxy groups -OCH3 is 1. The highest BCUT2D eigenvalue weighted by Crippen LogP contribution is 2.16. The van der Waals surface area contributed by atoms with Gasteiger partial charge in [-0.25, -0.2) is 4.79 Å². The minimum Gasteiger partial charge on any atom is -0.464 e. The molecule has 2 rings (SSSR count). The second kappa shape index (κ2) is 3.82. The van der Waals surface area contributed by atoms with Gasteiger partial charge in [-0.3, -0.25) is 0 Å². The molecule has 0 saturated carbocycles. The summed E-state index contributed by atoms with van der Waals surface area (Å²) >= 11 is 0. The molecule has 80 valence electrons. The highest BCUT2D eigenvalue weighted by molar-refractivity contribution is 5.86. The largest absolute Gasteiger partial charge is 0.464 e. The summed E-state index contributed by atoms with van der Waals surface area (Å²) in [5.74, 6) is 0.263. The van der Waals surface area contributed by atoms with Crippen LogP contribution in [0.4, 0.5) is 5.82 Å². The molecule has 2 N–H and O–H groups in total. The van der Waals surface area contributed by atoms with E-state index in [-0.39, 0.29) is 11.7 Å². The maximum atomic E-state index is 11.1. The van der Waals surface area contributed by atoms with Gasteiger partial charge in [-0.1, -0.05) is 0 Å². The van der Waals surface area contributed by atoms with Crippen LogP contribution in [0.25, 0.3) is 0 Å². The molecule has 1 aliphatic rings. The first-order chi connectivity index (χ1) is 7.20. The Morgan fingerprint density at radius 1 is 1.53 bits per heavy atom. The van der Waals surface area contributed by atoms with Gasteiger partial charge in [-0.2, -0.15) is 0 Å². The average Bonchev–Trinajstić information content (AvgIpc) is 2.24. The Balaban J connectivity index is 2.07. The normalized spacial score (nSPS) is 16.0. The van der Waals surface area contributed by atoms with Crippen molar-refractivity contribution in [3.05, 3.63) is 17.8 Å². The molecule has 1 aromatic rings. The van der Waals surface area contributed by atoms with Gasteiger partial charge in [0.2, 0.25) is 0 Å². The van der Waals surface area contributed by atoms with Crippen LogP contribution in [-0.4, -0.2) is 42.4 Å². The lowest BCUT2D eigenvalue weighted by Gasteiger charge is -2.37. The molecular weight excluding hydrogens is 196 g/mol. The quantitative estimate of drug-likeness (QED) is 0.654. The molecular formula is C9H12N4O2. The van der Waals surface area contributed by atoms with Gasteiger partial charge in [-0.05, 0) is 12.1 Å². The Morgan fingerprint density at radius 2 is 2.27 bits per heavy atom. The van der Waals surface area contributed by atoms with Crippen LogP contribution in [0.1, 0.15) is 10.5 Å². The lowest BCUT2D eigenvalue weighted by Crippen LogP contribution is -2.56. The van der Waals surface area contributed by atoms with E-state index < -0.39 is 5.97 Å². The van der Waals surface area contributed by atoms with Crippen LogP contribution in [0.2, 0.25) is 0 Å². The lowest BCUT2D eigenvalue weighted by molar-refractivity contribution is 0.0592. The molecule has 6 heteroatoms. The third kappa shape index (κ3) is 1.89. The molecule has 0 unspecified atom stereocenters. The molecule has 0 atom stereocenters. The van der Waals surface area contributed by atoms with Crippen molar-refractivity contribution < 1.29 is 9.53 Å². The van der Waals surface area contributed by atoms with Crippen LogP contribution in [-0.2, 0) is 4.74 Å². The Bertz CT molecular complexity index is 359. The number of hydrogen-bond donors (Lipinski definition) is 1. The Hall–Kier alpha value is -1.69. The van der Waals surface area contributed by atoms with E-state index in [2.05, 4.69) is 14.9 Å². The molecule has 0 radical (unpaired) electrons. The fourth-order valence-electron chi connectivity index (χ4n) is 1.41. The SMILES string of the molecule is COC(=O)c1ccc(N2CC(N)C2)nn1. The molecule has 15 heavy (non-hydrogen) atoms. The van der Waals surface area contributed by atoms with Crippen molar-refractivity contribution in [1.29, 1.82) is 0 Å². The number of esters is 1. The molecule has 0 amide bonds. The maximum absolute atomic E-state index is 11.1. The molecule has 6 nitrogen and oxygen atoms in total. The summed E-state index contributed by atoms with van der Waals surface area (Å²) < 4.78 is 4.52. The fourth-order valence-corrected chi connectivity index (χ4v) is 1.41. The van der Waals surface area contributed by atoms with Crippen LogP contribution in [0.3, 0.4) is 0 Å². The van der Waals surface area contributed by atoms with Crippen LogP contribution >= 0.6 is 0 Å². The number of hydrogen-bond acceptors (Lipinski definition) is 6. The van der Waals surface area contributed by atoms with Crippen molar-refractivity contribution in [2.75, 3.05) is 25.1 Å². The molecule has 1 fully saturated rings. The van der Waals surface area contributed by atoms with E-state index in [0.717, 1.165) is 18.9 Å². The Kier molecular flexibility index (Phi) is 2.51. The predicted molar refractivity (Wildman–Crippen MR) is 53.6 cm³/mol. The minimum atomic E-state index is -0.477. The number of nitrogens with zero attached hydrogens (tertiary/aromatic N) is 3. The van der Waals surface area contributed by atoms with E-state index in [1.165, 1.54) is 7.11 Å². The second-order valence-corrected chi connectivity index (χ2v) is 3.43. The van der Waals surface area contributed by atoms with Crippen molar-refractivity contribution in [1.82, 2.24) is 10.2 Å². The summed E-state index contributed by atoms with van der Waals surface area (Å²) in [7, 11) is 1.31. The van der Waals surface area contributed by atoms with E-state index in [4.69, 9.17) is 5.73 Å². The van der Waals surface area contributed by atoms with Gasteiger partial charge in [0.05, 0.1) is 7.11 Å². The summed E-state index contributed by atoms with van der Waals surface area (Å²) in [6, 6.07) is 3.55. The summed E-state index contributed by atoms with van der Waals surface area (Å²) in [4.78, 5) is 13.1. The molecule has 0 bridgehead atoms. The fraction of sp³-hybridized carbons (Fsp3) is 0.444. The zero-order valence-electron chi connectivity index (χ0n) is 8.38. The van der Waals surface area contributed by atoms with Crippen molar-refractivity contribution in [3.8, 4) is 0 Å². The van der Waals surface area contributed by atoms with E-state index in [9.17, 15) is 4.79 Å². The van der Waals surface area contributed by atoms with E-state index in [0.29, 0.717) is 0 Å². The third-order valence-corrected chi connectivity index (χ3v) is 2.28. The number of carbonyl (C=O) groups excluding carboxylic acids is 1. The van der Waals surface area contributed by atoms with Crippen LogP contribution in [0.15, 0.2) is 12.1 Å². The second-order valence-electron chi connectivity index (χ2n) is 3.43. The third-order valence-electron chi connectivity index (χ3n) is 2.28. The number of aromatic nitrogens is 2. The smallest absolute Gasteiger partial charge is 0.358 e.